The maximum Gasteiger partial charge on any atom is 0.0701 e. The van der Waals surface area contributed by atoms with Gasteiger partial charge in [0.2, 0.25) is 0 Å². The Labute approximate surface area is 109 Å². The second-order valence-electron chi connectivity index (χ2n) is 4.15. The van der Waals surface area contributed by atoms with Crippen molar-refractivity contribution in [2.24, 2.45) is 11.7 Å². The summed E-state index contributed by atoms with van der Waals surface area (Å²) in [5.74, 6) is 1.89. The molecule has 2 atom stereocenters. The standard InChI is InChI=1S/C11H18BrNS2/c1-7(2)6-14-11(8(3)13)9-4-5-10(12)15-9/h4-5,7-8,11H,6,13H2,1-3H3. The highest BCUT2D eigenvalue weighted by Crippen LogP contribution is 2.38. The maximum atomic E-state index is 6.03. The zero-order valence-corrected chi connectivity index (χ0v) is 12.6. The molecule has 2 unspecified atom stereocenters. The normalized spacial score (nSPS) is 15.6. The number of rotatable bonds is 5. The Morgan fingerprint density at radius 1 is 1.40 bits per heavy atom. The Morgan fingerprint density at radius 3 is 2.47 bits per heavy atom. The Balaban J connectivity index is 2.66. The summed E-state index contributed by atoms with van der Waals surface area (Å²) in [5, 5.41) is 0.434. The molecule has 0 radical (unpaired) electrons. The van der Waals surface area contributed by atoms with Gasteiger partial charge in [-0.1, -0.05) is 13.8 Å². The van der Waals surface area contributed by atoms with Gasteiger partial charge in [-0.05, 0) is 46.7 Å². The van der Waals surface area contributed by atoms with Crippen LogP contribution >= 0.6 is 39.0 Å². The van der Waals surface area contributed by atoms with E-state index in [1.54, 1.807) is 11.3 Å². The maximum absolute atomic E-state index is 6.03. The van der Waals surface area contributed by atoms with Crippen LogP contribution in [0, 0.1) is 5.92 Å². The van der Waals surface area contributed by atoms with Crippen LogP contribution in [0.3, 0.4) is 0 Å². The van der Waals surface area contributed by atoms with E-state index >= 15 is 0 Å². The molecule has 1 aromatic rings. The van der Waals surface area contributed by atoms with E-state index in [0.717, 1.165) is 5.92 Å². The lowest BCUT2D eigenvalue weighted by molar-refractivity contribution is 0.712. The average Bonchev–Trinajstić information content (AvgIpc) is 2.51. The highest BCUT2D eigenvalue weighted by atomic mass is 79.9. The first-order valence-corrected chi connectivity index (χ1v) is 7.79. The fourth-order valence-corrected chi connectivity index (χ4v) is 4.28. The zero-order valence-electron chi connectivity index (χ0n) is 9.37. The van der Waals surface area contributed by atoms with Gasteiger partial charge in [0.15, 0.2) is 0 Å². The average molecular weight is 308 g/mol. The Morgan fingerprint density at radius 2 is 2.07 bits per heavy atom. The molecule has 1 heterocycles. The molecule has 1 aromatic heterocycles. The van der Waals surface area contributed by atoms with Gasteiger partial charge in [-0.3, -0.25) is 0 Å². The number of hydrogen-bond donors (Lipinski definition) is 1. The van der Waals surface area contributed by atoms with Crippen molar-refractivity contribution in [3.05, 3.63) is 20.8 Å². The van der Waals surface area contributed by atoms with Crippen molar-refractivity contribution >= 4 is 39.0 Å². The van der Waals surface area contributed by atoms with Gasteiger partial charge in [0.05, 0.1) is 9.04 Å². The monoisotopic (exact) mass is 307 g/mol. The molecule has 0 bridgehead atoms. The summed E-state index contributed by atoms with van der Waals surface area (Å²) < 4.78 is 1.19. The first kappa shape index (κ1) is 13.6. The SMILES string of the molecule is CC(C)CSC(c1ccc(Br)s1)C(C)N. The van der Waals surface area contributed by atoms with Gasteiger partial charge in [-0.25, -0.2) is 0 Å². The number of halogens is 1. The van der Waals surface area contributed by atoms with Gasteiger partial charge >= 0.3 is 0 Å². The second-order valence-corrected chi connectivity index (χ2v) is 7.82. The van der Waals surface area contributed by atoms with Crippen molar-refractivity contribution in [1.29, 1.82) is 0 Å². The van der Waals surface area contributed by atoms with Gasteiger partial charge in [-0.2, -0.15) is 11.8 Å². The second kappa shape index (κ2) is 6.28. The summed E-state index contributed by atoms with van der Waals surface area (Å²) in [5.41, 5.74) is 6.03. The van der Waals surface area contributed by atoms with Crippen molar-refractivity contribution in [2.75, 3.05) is 5.75 Å². The third kappa shape index (κ3) is 4.47. The summed E-state index contributed by atoms with van der Waals surface area (Å²) in [6, 6.07) is 4.49. The largest absolute Gasteiger partial charge is 0.327 e. The highest BCUT2D eigenvalue weighted by molar-refractivity contribution is 9.11. The van der Waals surface area contributed by atoms with E-state index in [2.05, 4.69) is 48.8 Å². The number of thiophene rings is 1. The van der Waals surface area contributed by atoms with Crippen LogP contribution in [-0.2, 0) is 0 Å². The van der Waals surface area contributed by atoms with Crippen molar-refractivity contribution in [1.82, 2.24) is 0 Å². The Hall–Kier alpha value is 0.490. The molecule has 1 nitrogen and oxygen atoms in total. The Kier molecular flexibility index (Phi) is 5.68. The van der Waals surface area contributed by atoms with Crippen molar-refractivity contribution in [2.45, 2.75) is 32.1 Å². The van der Waals surface area contributed by atoms with Crippen LogP contribution in [0.15, 0.2) is 15.9 Å². The van der Waals surface area contributed by atoms with Crippen LogP contribution in [0.5, 0.6) is 0 Å². The summed E-state index contributed by atoms with van der Waals surface area (Å²) in [7, 11) is 0. The molecule has 15 heavy (non-hydrogen) atoms. The van der Waals surface area contributed by atoms with Crippen molar-refractivity contribution < 1.29 is 0 Å². The fourth-order valence-electron chi connectivity index (χ4n) is 1.27. The van der Waals surface area contributed by atoms with E-state index in [0.29, 0.717) is 5.25 Å². The van der Waals surface area contributed by atoms with Gasteiger partial charge in [0.1, 0.15) is 0 Å². The number of nitrogens with two attached hydrogens (primary N) is 1. The molecule has 0 amide bonds. The van der Waals surface area contributed by atoms with Gasteiger partial charge in [0, 0.05) is 10.9 Å². The molecule has 0 saturated carbocycles. The van der Waals surface area contributed by atoms with Gasteiger partial charge in [-0.15, -0.1) is 11.3 Å². The molecule has 0 fully saturated rings. The molecule has 1 rings (SSSR count). The van der Waals surface area contributed by atoms with Crippen molar-refractivity contribution in [3.8, 4) is 0 Å². The first-order valence-electron chi connectivity index (χ1n) is 5.13. The van der Waals surface area contributed by atoms with Crippen LogP contribution in [0.2, 0.25) is 0 Å². The molecule has 2 N–H and O–H groups in total. The summed E-state index contributed by atoms with van der Waals surface area (Å²) >= 11 is 7.26. The van der Waals surface area contributed by atoms with E-state index in [-0.39, 0.29) is 6.04 Å². The lowest BCUT2D eigenvalue weighted by Crippen LogP contribution is -2.22. The summed E-state index contributed by atoms with van der Waals surface area (Å²) in [6.45, 7) is 6.58. The van der Waals surface area contributed by atoms with Crippen LogP contribution in [0.4, 0.5) is 0 Å². The summed E-state index contributed by atoms with van der Waals surface area (Å²) in [6.07, 6.45) is 0. The Bertz CT molecular complexity index is 297. The molecule has 86 valence electrons. The zero-order chi connectivity index (χ0) is 11.4. The lowest BCUT2D eigenvalue weighted by atomic mass is 10.2. The minimum Gasteiger partial charge on any atom is -0.327 e. The minimum absolute atomic E-state index is 0.208. The molecule has 0 aliphatic heterocycles. The number of hydrogen-bond acceptors (Lipinski definition) is 3. The van der Waals surface area contributed by atoms with Crippen LogP contribution in [-0.4, -0.2) is 11.8 Å². The van der Waals surface area contributed by atoms with E-state index in [9.17, 15) is 0 Å². The molecule has 0 saturated heterocycles. The van der Waals surface area contributed by atoms with E-state index in [4.69, 9.17) is 5.73 Å². The topological polar surface area (TPSA) is 26.0 Å². The van der Waals surface area contributed by atoms with E-state index in [1.807, 2.05) is 11.8 Å². The van der Waals surface area contributed by atoms with E-state index < -0.39 is 0 Å². The van der Waals surface area contributed by atoms with Crippen LogP contribution < -0.4 is 5.73 Å². The molecule has 0 aliphatic carbocycles. The highest BCUT2D eigenvalue weighted by Gasteiger charge is 2.18. The van der Waals surface area contributed by atoms with Crippen LogP contribution in [0.1, 0.15) is 30.9 Å². The quantitative estimate of drug-likeness (QED) is 0.878. The third-order valence-electron chi connectivity index (χ3n) is 1.96. The summed E-state index contributed by atoms with van der Waals surface area (Å²) in [4.78, 5) is 1.38. The smallest absolute Gasteiger partial charge is 0.0701 e. The molecular weight excluding hydrogens is 290 g/mol. The molecule has 0 aliphatic rings. The fraction of sp³-hybridized carbons (Fsp3) is 0.636. The molecule has 0 aromatic carbocycles. The van der Waals surface area contributed by atoms with Crippen molar-refractivity contribution in [3.63, 3.8) is 0 Å². The first-order chi connectivity index (χ1) is 7.00. The minimum atomic E-state index is 0.208. The van der Waals surface area contributed by atoms with E-state index in [1.165, 1.54) is 14.4 Å². The molecular formula is C11H18BrNS2. The van der Waals surface area contributed by atoms with Gasteiger partial charge < -0.3 is 5.73 Å². The third-order valence-corrected chi connectivity index (χ3v) is 5.72. The number of thioether (sulfide) groups is 1. The lowest BCUT2D eigenvalue weighted by Gasteiger charge is -2.19. The van der Waals surface area contributed by atoms with Gasteiger partial charge in [0.25, 0.3) is 0 Å². The predicted molar refractivity (Wildman–Crippen MR) is 75.7 cm³/mol. The molecule has 4 heteroatoms. The molecule has 0 spiro atoms. The van der Waals surface area contributed by atoms with Crippen LogP contribution in [0.25, 0.3) is 0 Å². The predicted octanol–water partition coefficient (Wildman–Crippen LogP) is 4.29.